The van der Waals surface area contributed by atoms with Gasteiger partial charge in [0.1, 0.15) is 5.41 Å². The number of hydrogen-bond acceptors (Lipinski definition) is 2. The maximum atomic E-state index is 13.1. The van der Waals surface area contributed by atoms with Crippen molar-refractivity contribution in [3.8, 4) is 0 Å². The molecule has 2 aromatic rings. The van der Waals surface area contributed by atoms with E-state index >= 15 is 0 Å². The summed E-state index contributed by atoms with van der Waals surface area (Å²) < 4.78 is 0. The van der Waals surface area contributed by atoms with Gasteiger partial charge in [-0.3, -0.25) is 9.59 Å². The third kappa shape index (κ3) is 4.97. The van der Waals surface area contributed by atoms with Gasteiger partial charge in [-0.1, -0.05) is 62.4 Å². The van der Waals surface area contributed by atoms with Crippen LogP contribution in [0.15, 0.2) is 54.6 Å². The number of benzene rings is 2. The lowest BCUT2D eigenvalue weighted by Crippen LogP contribution is -2.47. The van der Waals surface area contributed by atoms with Crippen LogP contribution in [0.25, 0.3) is 0 Å². The summed E-state index contributed by atoms with van der Waals surface area (Å²) in [5.41, 5.74) is 1.72. The molecule has 0 radical (unpaired) electrons. The number of para-hydroxylation sites is 1. The minimum atomic E-state index is -1.16. The predicted octanol–water partition coefficient (Wildman–Crippen LogP) is 4.82. The summed E-state index contributed by atoms with van der Waals surface area (Å²) >= 11 is 0. The molecule has 0 saturated carbocycles. The highest BCUT2D eigenvalue weighted by Gasteiger charge is 2.39. The lowest BCUT2D eigenvalue weighted by Gasteiger charge is -2.31. The van der Waals surface area contributed by atoms with Crippen molar-refractivity contribution in [2.45, 2.75) is 47.1 Å². The van der Waals surface area contributed by atoms with Crippen LogP contribution in [0.4, 0.5) is 5.69 Å². The molecule has 4 nitrogen and oxygen atoms in total. The number of anilines is 1. The van der Waals surface area contributed by atoms with Crippen LogP contribution >= 0.6 is 0 Å². The van der Waals surface area contributed by atoms with E-state index < -0.39 is 5.41 Å². The summed E-state index contributed by atoms with van der Waals surface area (Å²) in [5.74, 6) is -0.175. The van der Waals surface area contributed by atoms with Crippen LogP contribution in [0.5, 0.6) is 0 Å². The molecular formula is C23H30N2O2. The van der Waals surface area contributed by atoms with Crippen LogP contribution in [0.1, 0.15) is 51.7 Å². The summed E-state index contributed by atoms with van der Waals surface area (Å²) in [6.07, 6.45) is 0. The molecule has 1 N–H and O–H groups in total. The topological polar surface area (TPSA) is 49.4 Å². The largest absolute Gasteiger partial charge is 0.338 e. The molecule has 2 rings (SSSR count). The molecule has 2 aromatic carbocycles. The van der Waals surface area contributed by atoms with E-state index in [1.165, 1.54) is 0 Å². The molecule has 0 bridgehead atoms. The van der Waals surface area contributed by atoms with Crippen LogP contribution in [0.3, 0.4) is 0 Å². The van der Waals surface area contributed by atoms with Crippen LogP contribution in [0, 0.1) is 5.41 Å². The van der Waals surface area contributed by atoms with Gasteiger partial charge in [0.05, 0.1) is 0 Å². The lowest BCUT2D eigenvalue weighted by atomic mass is 9.89. The Kier molecular flexibility index (Phi) is 6.78. The summed E-state index contributed by atoms with van der Waals surface area (Å²) in [6, 6.07) is 17.6. The van der Waals surface area contributed by atoms with Gasteiger partial charge in [0, 0.05) is 18.8 Å². The molecule has 0 heterocycles. The highest BCUT2D eigenvalue weighted by Crippen LogP contribution is 2.27. The molecule has 2 amide bonds. The summed E-state index contributed by atoms with van der Waals surface area (Å²) in [6.45, 7) is 10.5. The minimum Gasteiger partial charge on any atom is -0.338 e. The van der Waals surface area contributed by atoms with Gasteiger partial charge in [-0.25, -0.2) is 0 Å². The van der Waals surface area contributed by atoms with Crippen LogP contribution in [0.2, 0.25) is 0 Å². The van der Waals surface area contributed by atoms with Gasteiger partial charge in [0.2, 0.25) is 11.8 Å². The molecule has 4 heteroatoms. The molecule has 0 atom stereocenters. The third-order valence-electron chi connectivity index (χ3n) is 4.82. The first-order valence-electron chi connectivity index (χ1n) is 9.51. The Balaban J connectivity index is 2.17. The Labute approximate surface area is 162 Å². The van der Waals surface area contributed by atoms with Crippen LogP contribution in [-0.4, -0.2) is 23.3 Å². The normalized spacial score (nSPS) is 11.3. The third-order valence-corrected chi connectivity index (χ3v) is 4.82. The average molecular weight is 367 g/mol. The molecule has 0 unspecified atom stereocenters. The second-order valence-corrected chi connectivity index (χ2v) is 7.63. The molecule has 0 spiro atoms. The number of rotatable bonds is 7. The molecular weight excluding hydrogens is 336 g/mol. The van der Waals surface area contributed by atoms with Crippen molar-refractivity contribution >= 4 is 17.5 Å². The predicted molar refractivity (Wildman–Crippen MR) is 110 cm³/mol. The molecule has 27 heavy (non-hydrogen) atoms. The van der Waals surface area contributed by atoms with Gasteiger partial charge in [-0.15, -0.1) is 0 Å². The first-order valence-corrected chi connectivity index (χ1v) is 9.51. The second-order valence-electron chi connectivity index (χ2n) is 7.63. The fourth-order valence-electron chi connectivity index (χ4n) is 3.02. The zero-order chi connectivity index (χ0) is 20.0. The van der Waals surface area contributed by atoms with E-state index in [1.54, 1.807) is 18.7 Å². The van der Waals surface area contributed by atoms with E-state index in [-0.39, 0.29) is 17.7 Å². The van der Waals surface area contributed by atoms with Crippen molar-refractivity contribution in [2.24, 2.45) is 5.41 Å². The summed E-state index contributed by atoms with van der Waals surface area (Å²) in [7, 11) is 0. The summed E-state index contributed by atoms with van der Waals surface area (Å²) in [5, 5.41) is 2.97. The van der Waals surface area contributed by atoms with Crippen molar-refractivity contribution in [1.82, 2.24) is 4.90 Å². The van der Waals surface area contributed by atoms with Gasteiger partial charge < -0.3 is 10.2 Å². The molecule has 0 aliphatic heterocycles. The van der Waals surface area contributed by atoms with Gasteiger partial charge in [-0.05, 0) is 43.9 Å². The van der Waals surface area contributed by atoms with Crippen LogP contribution < -0.4 is 5.32 Å². The average Bonchev–Trinajstić information content (AvgIpc) is 2.66. The van der Waals surface area contributed by atoms with E-state index in [1.807, 2.05) is 61.5 Å². The Morgan fingerprint density at radius 2 is 1.59 bits per heavy atom. The number of nitrogens with one attached hydrogen (secondary N) is 1. The van der Waals surface area contributed by atoms with Gasteiger partial charge in [0.15, 0.2) is 0 Å². The first-order chi connectivity index (χ1) is 12.8. The van der Waals surface area contributed by atoms with Crippen molar-refractivity contribution < 1.29 is 9.59 Å². The highest BCUT2D eigenvalue weighted by molar-refractivity contribution is 6.10. The van der Waals surface area contributed by atoms with E-state index in [0.29, 0.717) is 13.1 Å². The fourth-order valence-corrected chi connectivity index (χ4v) is 3.02. The Morgan fingerprint density at radius 1 is 1.00 bits per heavy atom. The first kappa shape index (κ1) is 20.7. The number of nitrogens with zero attached hydrogens (tertiary/aromatic N) is 1. The summed E-state index contributed by atoms with van der Waals surface area (Å²) in [4.78, 5) is 27.8. The van der Waals surface area contributed by atoms with Gasteiger partial charge in [0.25, 0.3) is 0 Å². The van der Waals surface area contributed by atoms with Crippen molar-refractivity contribution in [3.05, 3.63) is 65.7 Å². The Morgan fingerprint density at radius 3 is 2.19 bits per heavy atom. The highest BCUT2D eigenvalue weighted by atomic mass is 16.2. The quantitative estimate of drug-likeness (QED) is 0.714. The zero-order valence-electron chi connectivity index (χ0n) is 17.0. The van der Waals surface area contributed by atoms with Crippen molar-refractivity contribution in [2.75, 3.05) is 11.9 Å². The van der Waals surface area contributed by atoms with Crippen LogP contribution in [-0.2, 0) is 16.1 Å². The SMILES string of the molecule is CCN(Cc1ccccc1)C(=O)C(C)(C)C(=O)Nc1ccccc1C(C)C. The molecule has 0 saturated heterocycles. The van der Waals surface area contributed by atoms with Crippen molar-refractivity contribution in [1.29, 1.82) is 0 Å². The lowest BCUT2D eigenvalue weighted by molar-refractivity contribution is -0.146. The maximum absolute atomic E-state index is 13.1. The molecule has 0 fully saturated rings. The molecule has 0 aromatic heterocycles. The smallest absolute Gasteiger partial charge is 0.239 e. The van der Waals surface area contributed by atoms with Gasteiger partial charge >= 0.3 is 0 Å². The molecule has 0 aliphatic carbocycles. The number of amides is 2. The Bertz CT molecular complexity index is 782. The fraction of sp³-hybridized carbons (Fsp3) is 0.391. The van der Waals surface area contributed by atoms with Gasteiger partial charge in [-0.2, -0.15) is 0 Å². The van der Waals surface area contributed by atoms with E-state index in [0.717, 1.165) is 16.8 Å². The standard InChI is InChI=1S/C23H30N2O2/c1-6-25(16-18-12-8-7-9-13-18)22(27)23(4,5)21(26)24-20-15-11-10-14-19(20)17(2)3/h7-15,17H,6,16H2,1-5H3,(H,24,26). The Hall–Kier alpha value is -2.62. The van der Waals surface area contributed by atoms with E-state index in [4.69, 9.17) is 0 Å². The van der Waals surface area contributed by atoms with E-state index in [9.17, 15) is 9.59 Å². The number of carbonyl (C=O) groups is 2. The molecule has 0 aliphatic rings. The number of hydrogen-bond donors (Lipinski definition) is 1. The van der Waals surface area contributed by atoms with Crippen molar-refractivity contribution in [3.63, 3.8) is 0 Å². The number of carbonyl (C=O) groups excluding carboxylic acids is 2. The second kappa shape index (κ2) is 8.85. The maximum Gasteiger partial charge on any atom is 0.239 e. The molecule has 144 valence electrons. The zero-order valence-corrected chi connectivity index (χ0v) is 17.0. The van der Waals surface area contributed by atoms with E-state index in [2.05, 4.69) is 19.2 Å². The monoisotopic (exact) mass is 366 g/mol. The minimum absolute atomic E-state index is 0.173.